The van der Waals surface area contributed by atoms with Gasteiger partial charge in [-0.05, 0) is 62.0 Å². The van der Waals surface area contributed by atoms with E-state index in [-0.39, 0.29) is 37.7 Å². The van der Waals surface area contributed by atoms with Gasteiger partial charge in [0.05, 0.1) is 12.0 Å². The van der Waals surface area contributed by atoms with E-state index in [9.17, 15) is 18.4 Å². The predicted octanol–water partition coefficient (Wildman–Crippen LogP) is 5.78. The maximum absolute atomic E-state index is 13.9. The summed E-state index contributed by atoms with van der Waals surface area (Å²) in [7, 11) is 1.48. The third-order valence-corrected chi connectivity index (χ3v) is 5.93. The Labute approximate surface area is 219 Å². The van der Waals surface area contributed by atoms with Crippen LogP contribution < -0.4 is 14.8 Å². The highest BCUT2D eigenvalue weighted by atomic mass is 32.1. The molecule has 1 N–H and O–H groups in total. The highest BCUT2D eigenvalue weighted by Crippen LogP contribution is 2.30. The van der Waals surface area contributed by atoms with Gasteiger partial charge in [-0.15, -0.1) is 11.3 Å². The van der Waals surface area contributed by atoms with Gasteiger partial charge in [0, 0.05) is 31.3 Å². The first-order valence-corrected chi connectivity index (χ1v) is 12.5. The van der Waals surface area contributed by atoms with E-state index in [0.717, 1.165) is 11.6 Å². The molecule has 0 spiro atoms. The normalized spacial score (nSPS) is 11.1. The van der Waals surface area contributed by atoms with Gasteiger partial charge in [-0.3, -0.25) is 4.79 Å². The number of carbonyl (C=O) groups excluding carboxylic acids is 2. The molecule has 3 rings (SSSR count). The second-order valence-electron chi connectivity index (χ2n) is 9.14. The molecule has 0 bridgehead atoms. The monoisotopic (exact) mass is 532 g/mol. The van der Waals surface area contributed by atoms with Crippen LogP contribution in [-0.2, 0) is 17.9 Å². The van der Waals surface area contributed by atoms with Gasteiger partial charge in [0.25, 0.3) is 5.91 Å². The van der Waals surface area contributed by atoms with Gasteiger partial charge in [0.1, 0.15) is 23.8 Å². The number of thiophene rings is 1. The Kier molecular flexibility index (Phi) is 9.46. The number of benzene rings is 2. The lowest BCUT2D eigenvalue weighted by atomic mass is 10.1. The Morgan fingerprint density at radius 1 is 1.05 bits per heavy atom. The summed E-state index contributed by atoms with van der Waals surface area (Å²) in [5.41, 5.74) is 0.344. The van der Waals surface area contributed by atoms with Crippen LogP contribution in [0.1, 0.15) is 41.6 Å². The van der Waals surface area contributed by atoms with Gasteiger partial charge in [-0.2, -0.15) is 0 Å². The minimum atomic E-state index is -0.696. The lowest BCUT2D eigenvalue weighted by Gasteiger charge is -2.24. The maximum atomic E-state index is 13.9. The first-order valence-electron chi connectivity index (χ1n) is 11.6. The number of halogens is 2. The second-order valence-corrected chi connectivity index (χ2v) is 10.1. The Bertz CT molecular complexity index is 1210. The van der Waals surface area contributed by atoms with Gasteiger partial charge >= 0.3 is 6.09 Å². The molecule has 3 aromatic rings. The van der Waals surface area contributed by atoms with Crippen molar-refractivity contribution in [3.8, 4) is 11.5 Å². The average molecular weight is 533 g/mol. The lowest BCUT2D eigenvalue weighted by Crippen LogP contribution is -2.39. The molecule has 1 aromatic heterocycles. The Hall–Kier alpha value is -3.66. The van der Waals surface area contributed by atoms with E-state index in [1.54, 1.807) is 56.0 Å². The van der Waals surface area contributed by atoms with Crippen LogP contribution in [0.25, 0.3) is 0 Å². The summed E-state index contributed by atoms with van der Waals surface area (Å²) in [6.07, 6.45) is -0.559. The van der Waals surface area contributed by atoms with Crippen molar-refractivity contribution in [3.05, 3.63) is 81.5 Å². The molecule has 0 radical (unpaired) electrons. The Morgan fingerprint density at radius 3 is 2.49 bits per heavy atom. The number of methoxy groups -OCH3 is 1. The molecule has 0 saturated carbocycles. The van der Waals surface area contributed by atoms with Crippen LogP contribution in [0.3, 0.4) is 0 Å². The van der Waals surface area contributed by atoms with Crippen LogP contribution in [-0.4, -0.2) is 42.7 Å². The van der Waals surface area contributed by atoms with Crippen molar-refractivity contribution in [1.29, 1.82) is 0 Å². The molecule has 2 aromatic carbocycles. The van der Waals surface area contributed by atoms with Crippen molar-refractivity contribution in [3.63, 3.8) is 0 Å². The molecule has 0 fully saturated rings. The van der Waals surface area contributed by atoms with Gasteiger partial charge in [0.2, 0.25) is 0 Å². The van der Waals surface area contributed by atoms with Crippen LogP contribution >= 0.6 is 11.3 Å². The molecule has 0 saturated heterocycles. The fourth-order valence-corrected chi connectivity index (χ4v) is 4.05. The maximum Gasteiger partial charge on any atom is 0.407 e. The van der Waals surface area contributed by atoms with Gasteiger partial charge in [-0.1, -0.05) is 12.1 Å². The molecule has 198 valence electrons. The molecule has 0 aliphatic rings. The summed E-state index contributed by atoms with van der Waals surface area (Å²) >= 11 is 1.33. The van der Waals surface area contributed by atoms with Crippen molar-refractivity contribution in [1.82, 2.24) is 10.2 Å². The number of amides is 2. The molecule has 37 heavy (non-hydrogen) atoms. The number of alkyl carbamates (subject to hydrolysis) is 1. The predicted molar refractivity (Wildman–Crippen MR) is 137 cm³/mol. The van der Waals surface area contributed by atoms with E-state index >= 15 is 0 Å². The first-order chi connectivity index (χ1) is 17.6. The smallest absolute Gasteiger partial charge is 0.407 e. The Balaban J connectivity index is 1.70. The van der Waals surface area contributed by atoms with Crippen LogP contribution in [0.2, 0.25) is 0 Å². The molecular weight excluding hydrogens is 502 g/mol. The lowest BCUT2D eigenvalue weighted by molar-refractivity contribution is 0.0512. The van der Waals surface area contributed by atoms with Crippen LogP contribution in [0.15, 0.2) is 53.9 Å². The van der Waals surface area contributed by atoms with E-state index in [1.165, 1.54) is 30.6 Å². The van der Waals surface area contributed by atoms with E-state index in [0.29, 0.717) is 16.4 Å². The summed E-state index contributed by atoms with van der Waals surface area (Å²) in [6.45, 7) is 5.91. The molecule has 7 nitrogen and oxygen atoms in total. The molecule has 0 atom stereocenters. The number of hydrogen-bond donors (Lipinski definition) is 1. The van der Waals surface area contributed by atoms with Crippen LogP contribution in [0.4, 0.5) is 13.6 Å². The van der Waals surface area contributed by atoms with Crippen LogP contribution in [0, 0.1) is 11.6 Å². The van der Waals surface area contributed by atoms with Gasteiger partial charge in [0.15, 0.2) is 11.5 Å². The van der Waals surface area contributed by atoms with Crippen molar-refractivity contribution in [2.45, 2.75) is 39.5 Å². The van der Waals surface area contributed by atoms with E-state index in [4.69, 9.17) is 14.2 Å². The summed E-state index contributed by atoms with van der Waals surface area (Å²) < 4.78 is 43.5. The van der Waals surface area contributed by atoms with Crippen molar-refractivity contribution in [2.24, 2.45) is 0 Å². The Morgan fingerprint density at radius 2 is 1.84 bits per heavy atom. The molecule has 2 amide bonds. The van der Waals surface area contributed by atoms with Crippen molar-refractivity contribution in [2.75, 3.05) is 20.2 Å². The second kappa shape index (κ2) is 12.5. The third kappa shape index (κ3) is 8.45. The standard InChI is InChI=1S/C27H30F2N2O5S/c1-27(2,3)36-26(33)30-11-12-31(25(32)24-6-5-13-37-24)16-18-7-10-22(23(14-18)34-4)35-17-19-8-9-20(28)15-21(19)29/h5-10,13-15H,11-12,16-17H2,1-4H3,(H,30,33). The first kappa shape index (κ1) is 27.9. The van der Waals surface area contributed by atoms with Crippen molar-refractivity contribution < 1.29 is 32.6 Å². The highest BCUT2D eigenvalue weighted by molar-refractivity contribution is 7.12. The number of nitrogens with one attached hydrogen (secondary N) is 1. The van der Waals surface area contributed by atoms with Crippen LogP contribution in [0.5, 0.6) is 11.5 Å². The number of carbonyl (C=O) groups is 2. The highest BCUT2D eigenvalue weighted by Gasteiger charge is 2.20. The topological polar surface area (TPSA) is 77.1 Å². The zero-order valence-electron chi connectivity index (χ0n) is 21.2. The third-order valence-electron chi connectivity index (χ3n) is 5.07. The number of ether oxygens (including phenoxy) is 3. The fourth-order valence-electron chi connectivity index (χ4n) is 3.36. The number of rotatable bonds is 10. The molecule has 0 unspecified atom stereocenters. The number of hydrogen-bond acceptors (Lipinski definition) is 6. The molecule has 0 aliphatic heterocycles. The zero-order chi connectivity index (χ0) is 27.0. The molecular formula is C27H30F2N2O5S. The van der Waals surface area contributed by atoms with E-state index < -0.39 is 23.3 Å². The average Bonchev–Trinajstić information content (AvgIpc) is 3.37. The largest absolute Gasteiger partial charge is 0.493 e. The molecule has 1 heterocycles. The summed E-state index contributed by atoms with van der Waals surface area (Å²) in [4.78, 5) is 27.3. The molecule has 10 heteroatoms. The van der Waals surface area contributed by atoms with Gasteiger partial charge < -0.3 is 24.4 Å². The quantitative estimate of drug-likeness (QED) is 0.358. The zero-order valence-corrected chi connectivity index (χ0v) is 22.0. The summed E-state index contributed by atoms with van der Waals surface area (Å²) in [5.74, 6) is -0.760. The van der Waals surface area contributed by atoms with E-state index in [1.807, 2.05) is 5.38 Å². The molecule has 0 aliphatic carbocycles. The summed E-state index contributed by atoms with van der Waals surface area (Å²) in [5, 5.41) is 4.50. The van der Waals surface area contributed by atoms with Gasteiger partial charge in [-0.25, -0.2) is 13.6 Å². The summed E-state index contributed by atoms with van der Waals surface area (Å²) in [6, 6.07) is 12.0. The SMILES string of the molecule is COc1cc(CN(CCNC(=O)OC(C)(C)C)C(=O)c2cccs2)ccc1OCc1ccc(F)cc1F. The van der Waals surface area contributed by atoms with Crippen molar-refractivity contribution >= 4 is 23.3 Å². The minimum Gasteiger partial charge on any atom is -0.493 e. The minimum absolute atomic E-state index is 0.110. The number of nitrogens with zero attached hydrogens (tertiary/aromatic N) is 1. The fraction of sp³-hybridized carbons (Fsp3) is 0.333. The van der Waals surface area contributed by atoms with E-state index in [2.05, 4.69) is 5.32 Å².